The molecule has 0 saturated carbocycles. The van der Waals surface area contributed by atoms with Gasteiger partial charge in [-0.3, -0.25) is 9.59 Å². The molecule has 2 aromatic rings. The normalized spacial score (nSPS) is 14.2. The lowest BCUT2D eigenvalue weighted by Crippen LogP contribution is -2.25. The fourth-order valence-corrected chi connectivity index (χ4v) is 3.58. The van der Waals surface area contributed by atoms with Crippen molar-refractivity contribution in [3.8, 4) is 0 Å². The number of nitrogens with one attached hydrogen (secondary N) is 1. The summed E-state index contributed by atoms with van der Waals surface area (Å²) < 4.78 is 2.31. The highest BCUT2D eigenvalue weighted by Gasteiger charge is 2.25. The number of nitrogens with zero attached hydrogens (tertiary/aromatic N) is 1. The predicted molar refractivity (Wildman–Crippen MR) is 95.4 cm³/mol. The lowest BCUT2D eigenvalue weighted by atomic mass is 9.94. The minimum Gasteiger partial charge on any atom is -0.352 e. The quantitative estimate of drug-likeness (QED) is 0.828. The Morgan fingerprint density at radius 3 is 2.83 bits per heavy atom. The Labute approximate surface area is 142 Å². The van der Waals surface area contributed by atoms with Crippen molar-refractivity contribution >= 4 is 22.6 Å². The number of nitrogens with two attached hydrogens (primary N) is 1. The van der Waals surface area contributed by atoms with Crippen LogP contribution in [0.4, 0.5) is 0 Å². The largest absolute Gasteiger partial charge is 0.352 e. The van der Waals surface area contributed by atoms with Crippen molar-refractivity contribution in [2.24, 2.45) is 5.73 Å². The number of hydrogen-bond acceptors (Lipinski definition) is 3. The number of carbonyl (C=O) groups excluding carboxylic acids is 2. The third kappa shape index (κ3) is 2.96. The first kappa shape index (κ1) is 16.7. The van der Waals surface area contributed by atoms with Crippen LogP contribution in [0.3, 0.4) is 0 Å². The molecular weight excluding hydrogens is 302 g/mol. The highest BCUT2D eigenvalue weighted by atomic mass is 16.1. The van der Waals surface area contributed by atoms with Crippen LogP contribution < -0.4 is 11.1 Å². The minimum absolute atomic E-state index is 0.0847. The van der Waals surface area contributed by atoms with Crippen molar-refractivity contribution < 1.29 is 9.59 Å². The third-order valence-electron chi connectivity index (χ3n) is 4.68. The van der Waals surface area contributed by atoms with E-state index in [1.807, 2.05) is 18.2 Å². The van der Waals surface area contributed by atoms with E-state index in [9.17, 15) is 9.59 Å². The number of hydrogen-bond donors (Lipinski definition) is 2. The van der Waals surface area contributed by atoms with E-state index in [4.69, 9.17) is 5.73 Å². The van der Waals surface area contributed by atoms with E-state index in [2.05, 4.69) is 23.7 Å². The van der Waals surface area contributed by atoms with Crippen molar-refractivity contribution in [3.05, 3.63) is 35.0 Å². The molecule has 0 unspecified atom stereocenters. The van der Waals surface area contributed by atoms with Gasteiger partial charge in [-0.1, -0.05) is 0 Å². The van der Waals surface area contributed by atoms with E-state index in [1.54, 1.807) is 0 Å². The van der Waals surface area contributed by atoms with Gasteiger partial charge >= 0.3 is 0 Å². The zero-order valence-corrected chi connectivity index (χ0v) is 14.4. The fourth-order valence-electron chi connectivity index (χ4n) is 3.58. The number of Topliss-reactive ketones (excluding diaryl/α,β-unsaturated/α-hetero) is 1. The molecule has 0 spiro atoms. The van der Waals surface area contributed by atoms with Gasteiger partial charge in [-0.2, -0.15) is 0 Å². The molecule has 0 fully saturated rings. The Balaban J connectivity index is 2.04. The maximum Gasteiger partial charge on any atom is 0.251 e. The average molecular weight is 327 g/mol. The molecule has 1 aliphatic rings. The Hall–Kier alpha value is -2.14. The molecule has 3 rings (SSSR count). The van der Waals surface area contributed by atoms with Crippen LogP contribution in [0.5, 0.6) is 0 Å². The Bertz CT molecular complexity index is 789. The molecule has 128 valence electrons. The molecule has 1 aromatic carbocycles. The molecule has 1 heterocycles. The Morgan fingerprint density at radius 1 is 1.33 bits per heavy atom. The van der Waals surface area contributed by atoms with Gasteiger partial charge in [-0.25, -0.2) is 0 Å². The van der Waals surface area contributed by atoms with Gasteiger partial charge in [0, 0.05) is 47.6 Å². The molecule has 0 saturated heterocycles. The Morgan fingerprint density at radius 2 is 2.12 bits per heavy atom. The first-order chi connectivity index (χ1) is 11.5. The molecular formula is C19H25N3O2. The van der Waals surface area contributed by atoms with Crippen molar-refractivity contribution in [1.29, 1.82) is 0 Å². The lowest BCUT2D eigenvalue weighted by Gasteiger charge is -2.18. The van der Waals surface area contributed by atoms with Crippen LogP contribution in [0.25, 0.3) is 10.9 Å². The van der Waals surface area contributed by atoms with Gasteiger partial charge in [-0.05, 0) is 57.0 Å². The molecule has 0 atom stereocenters. The van der Waals surface area contributed by atoms with Gasteiger partial charge in [-0.15, -0.1) is 0 Å². The summed E-state index contributed by atoms with van der Waals surface area (Å²) in [6.07, 6.45) is 2.65. The number of amides is 1. The maximum atomic E-state index is 12.3. The number of aromatic nitrogens is 1. The van der Waals surface area contributed by atoms with Crippen LogP contribution in [0.1, 0.15) is 54.3 Å². The molecule has 0 bridgehead atoms. The van der Waals surface area contributed by atoms with E-state index in [0.29, 0.717) is 37.5 Å². The summed E-state index contributed by atoms with van der Waals surface area (Å²) in [5, 5.41) is 3.93. The first-order valence-corrected chi connectivity index (χ1v) is 8.68. The zero-order valence-electron chi connectivity index (χ0n) is 14.4. The summed E-state index contributed by atoms with van der Waals surface area (Å²) in [6.45, 7) is 5.45. The smallest absolute Gasteiger partial charge is 0.251 e. The second-order valence-electron chi connectivity index (χ2n) is 6.73. The van der Waals surface area contributed by atoms with Crippen molar-refractivity contribution in [2.45, 2.75) is 45.6 Å². The number of benzene rings is 1. The summed E-state index contributed by atoms with van der Waals surface area (Å²) >= 11 is 0. The van der Waals surface area contributed by atoms with Gasteiger partial charge in [0.2, 0.25) is 0 Å². The maximum absolute atomic E-state index is 12.3. The van der Waals surface area contributed by atoms with Gasteiger partial charge < -0.3 is 15.6 Å². The predicted octanol–water partition coefficient (Wildman–Crippen LogP) is 2.36. The van der Waals surface area contributed by atoms with E-state index < -0.39 is 0 Å². The number of carbonyl (C=O) groups is 2. The van der Waals surface area contributed by atoms with Gasteiger partial charge in [0.05, 0.1) is 0 Å². The van der Waals surface area contributed by atoms with E-state index >= 15 is 0 Å². The molecule has 1 aliphatic carbocycles. The minimum atomic E-state index is -0.0847. The van der Waals surface area contributed by atoms with Crippen LogP contribution in [-0.2, 0) is 17.6 Å². The monoisotopic (exact) mass is 327 g/mol. The molecule has 1 amide bonds. The molecule has 0 aliphatic heterocycles. The van der Waals surface area contributed by atoms with Crippen LogP contribution in [0.15, 0.2) is 18.2 Å². The van der Waals surface area contributed by atoms with Crippen molar-refractivity contribution in [2.75, 3.05) is 13.1 Å². The van der Waals surface area contributed by atoms with Gasteiger partial charge in [0.25, 0.3) is 5.91 Å². The standard InChI is InChI=1S/C19H25N3O2/c1-12(2)22-17-6-4-13(19(24)21-9-3-8-20)10-15(17)16-11-14(23)5-7-18(16)22/h4,6,10,12H,3,5,7-9,11,20H2,1-2H3,(H,21,24). The summed E-state index contributed by atoms with van der Waals surface area (Å²) in [5.74, 6) is 0.196. The molecule has 3 N–H and O–H groups in total. The molecule has 5 heteroatoms. The van der Waals surface area contributed by atoms with Crippen LogP contribution in [0, 0.1) is 0 Å². The second kappa shape index (κ2) is 6.77. The highest BCUT2D eigenvalue weighted by molar-refractivity contribution is 6.00. The molecule has 24 heavy (non-hydrogen) atoms. The number of fused-ring (bicyclic) bond motifs is 3. The Kier molecular flexibility index (Phi) is 4.71. The van der Waals surface area contributed by atoms with Crippen molar-refractivity contribution in [3.63, 3.8) is 0 Å². The average Bonchev–Trinajstić information content (AvgIpc) is 2.88. The van der Waals surface area contributed by atoms with E-state index in [1.165, 1.54) is 5.69 Å². The van der Waals surface area contributed by atoms with E-state index in [-0.39, 0.29) is 11.7 Å². The lowest BCUT2D eigenvalue weighted by molar-refractivity contribution is -0.118. The molecule has 1 aromatic heterocycles. The van der Waals surface area contributed by atoms with Gasteiger partial charge in [0.15, 0.2) is 0 Å². The zero-order chi connectivity index (χ0) is 17.3. The van der Waals surface area contributed by atoms with Crippen LogP contribution in [-0.4, -0.2) is 29.3 Å². The summed E-state index contributed by atoms with van der Waals surface area (Å²) in [7, 11) is 0. The summed E-state index contributed by atoms with van der Waals surface area (Å²) in [6, 6.07) is 6.14. The number of ketones is 1. The van der Waals surface area contributed by atoms with Crippen molar-refractivity contribution in [1.82, 2.24) is 9.88 Å². The highest BCUT2D eigenvalue weighted by Crippen LogP contribution is 2.34. The SMILES string of the molecule is CC(C)n1c2c(c3cc(C(=O)NCCCN)ccc31)CC(=O)CC2. The summed E-state index contributed by atoms with van der Waals surface area (Å²) in [4.78, 5) is 24.3. The van der Waals surface area contributed by atoms with Crippen LogP contribution >= 0.6 is 0 Å². The third-order valence-corrected chi connectivity index (χ3v) is 4.68. The van der Waals surface area contributed by atoms with E-state index in [0.717, 1.165) is 29.3 Å². The summed E-state index contributed by atoms with van der Waals surface area (Å²) in [5.41, 5.74) is 9.57. The molecule has 5 nitrogen and oxygen atoms in total. The first-order valence-electron chi connectivity index (χ1n) is 8.68. The van der Waals surface area contributed by atoms with Crippen LogP contribution in [0.2, 0.25) is 0 Å². The second-order valence-corrected chi connectivity index (χ2v) is 6.73. The fraction of sp³-hybridized carbons (Fsp3) is 0.474. The van der Waals surface area contributed by atoms with Gasteiger partial charge in [0.1, 0.15) is 5.78 Å². The number of rotatable bonds is 5. The topological polar surface area (TPSA) is 77.1 Å². The molecule has 0 radical (unpaired) electrons.